The van der Waals surface area contributed by atoms with Crippen LogP contribution in [0.3, 0.4) is 0 Å². The topological polar surface area (TPSA) is 36.4 Å². The van der Waals surface area contributed by atoms with Crippen LogP contribution in [0, 0.1) is 11.7 Å². The second-order valence-corrected chi connectivity index (χ2v) is 4.45. The molecule has 16 heavy (non-hydrogen) atoms. The van der Waals surface area contributed by atoms with Gasteiger partial charge in [0.1, 0.15) is 5.82 Å². The molecule has 1 aliphatic heterocycles. The molecule has 0 aromatic carbocycles. The first kappa shape index (κ1) is 11.5. The van der Waals surface area contributed by atoms with Gasteiger partial charge in [0.25, 0.3) is 0 Å². The van der Waals surface area contributed by atoms with Crippen LogP contribution in [0.4, 0.5) is 4.39 Å². The lowest BCUT2D eigenvalue weighted by Crippen LogP contribution is -2.34. The van der Waals surface area contributed by atoms with Gasteiger partial charge in [-0.3, -0.25) is 9.88 Å². The number of nitrogens with zero attached hydrogens (tertiary/aromatic N) is 2. The van der Waals surface area contributed by atoms with E-state index < -0.39 is 0 Å². The minimum atomic E-state index is -0.308. The van der Waals surface area contributed by atoms with E-state index in [9.17, 15) is 9.50 Å². The summed E-state index contributed by atoms with van der Waals surface area (Å²) in [6.07, 6.45) is 2.34. The van der Waals surface area contributed by atoms with Gasteiger partial charge in [0.05, 0.1) is 18.5 Å². The van der Waals surface area contributed by atoms with Crippen molar-refractivity contribution in [3.05, 3.63) is 29.8 Å². The normalized spacial score (nSPS) is 26.2. The lowest BCUT2D eigenvalue weighted by Gasteiger charge is -2.24. The summed E-state index contributed by atoms with van der Waals surface area (Å²) in [7, 11) is 0. The summed E-state index contributed by atoms with van der Waals surface area (Å²) in [5, 5.41) is 9.31. The molecular weight excluding hydrogens is 207 g/mol. The van der Waals surface area contributed by atoms with E-state index in [-0.39, 0.29) is 18.5 Å². The van der Waals surface area contributed by atoms with Crippen LogP contribution in [-0.4, -0.2) is 34.2 Å². The lowest BCUT2D eigenvalue weighted by molar-refractivity contribution is 0.133. The van der Waals surface area contributed by atoms with Crippen molar-refractivity contribution in [3.63, 3.8) is 0 Å². The Morgan fingerprint density at radius 1 is 1.56 bits per heavy atom. The highest BCUT2D eigenvalue weighted by Crippen LogP contribution is 2.24. The van der Waals surface area contributed by atoms with E-state index >= 15 is 0 Å². The summed E-state index contributed by atoms with van der Waals surface area (Å²) in [5.41, 5.74) is 0.856. The van der Waals surface area contributed by atoms with Gasteiger partial charge in [-0.05, 0) is 31.0 Å². The van der Waals surface area contributed by atoms with Crippen molar-refractivity contribution < 1.29 is 9.50 Å². The SMILES string of the molecule is C[C@@H]1CCN(Cc2ccc(F)cn2)[C@H]1CO. The van der Waals surface area contributed by atoms with E-state index in [1.807, 2.05) is 0 Å². The molecule has 2 rings (SSSR count). The van der Waals surface area contributed by atoms with E-state index in [1.54, 1.807) is 6.07 Å². The van der Waals surface area contributed by atoms with Crippen LogP contribution >= 0.6 is 0 Å². The smallest absolute Gasteiger partial charge is 0.141 e. The molecule has 0 aliphatic carbocycles. The molecule has 4 heteroatoms. The van der Waals surface area contributed by atoms with Crippen molar-refractivity contribution in [2.75, 3.05) is 13.2 Å². The van der Waals surface area contributed by atoms with Gasteiger partial charge in [0.15, 0.2) is 0 Å². The third-order valence-electron chi connectivity index (χ3n) is 3.34. The average Bonchev–Trinajstić information content (AvgIpc) is 2.63. The summed E-state index contributed by atoms with van der Waals surface area (Å²) >= 11 is 0. The molecule has 1 aliphatic rings. The molecule has 1 fully saturated rings. The zero-order valence-electron chi connectivity index (χ0n) is 9.43. The molecule has 0 saturated carbocycles. The molecule has 1 N–H and O–H groups in total. The monoisotopic (exact) mass is 224 g/mol. The molecule has 0 unspecified atom stereocenters. The molecule has 1 aromatic rings. The Bertz CT molecular complexity index is 341. The Morgan fingerprint density at radius 3 is 3.00 bits per heavy atom. The predicted octanol–water partition coefficient (Wildman–Crippen LogP) is 1.42. The van der Waals surface area contributed by atoms with Crippen LogP contribution < -0.4 is 0 Å². The van der Waals surface area contributed by atoms with E-state index in [1.165, 1.54) is 12.3 Å². The highest BCUT2D eigenvalue weighted by molar-refractivity contribution is 5.06. The van der Waals surface area contributed by atoms with Gasteiger partial charge in [0.2, 0.25) is 0 Å². The maximum Gasteiger partial charge on any atom is 0.141 e. The van der Waals surface area contributed by atoms with Gasteiger partial charge >= 0.3 is 0 Å². The van der Waals surface area contributed by atoms with Crippen LogP contribution in [0.2, 0.25) is 0 Å². The Kier molecular flexibility index (Phi) is 3.51. The van der Waals surface area contributed by atoms with Crippen LogP contribution in [0.15, 0.2) is 18.3 Å². The minimum absolute atomic E-state index is 0.183. The van der Waals surface area contributed by atoms with Gasteiger partial charge in [-0.2, -0.15) is 0 Å². The molecule has 88 valence electrons. The third kappa shape index (κ3) is 2.39. The van der Waals surface area contributed by atoms with Crippen molar-refractivity contribution in [3.8, 4) is 0 Å². The molecule has 0 amide bonds. The Labute approximate surface area is 94.9 Å². The van der Waals surface area contributed by atoms with Crippen molar-refractivity contribution in [2.45, 2.75) is 25.9 Å². The summed E-state index contributed by atoms with van der Waals surface area (Å²) in [4.78, 5) is 6.25. The largest absolute Gasteiger partial charge is 0.395 e. The quantitative estimate of drug-likeness (QED) is 0.843. The van der Waals surface area contributed by atoms with E-state index in [4.69, 9.17) is 0 Å². The predicted molar refractivity (Wildman–Crippen MR) is 59.3 cm³/mol. The summed E-state index contributed by atoms with van der Waals surface area (Å²) < 4.78 is 12.7. The Balaban J connectivity index is 2.01. The van der Waals surface area contributed by atoms with Gasteiger partial charge in [-0.15, -0.1) is 0 Å². The number of likely N-dealkylation sites (tertiary alicyclic amines) is 1. The Hall–Kier alpha value is -1.00. The van der Waals surface area contributed by atoms with Crippen molar-refractivity contribution in [2.24, 2.45) is 5.92 Å². The van der Waals surface area contributed by atoms with E-state index in [2.05, 4.69) is 16.8 Å². The molecule has 1 aromatic heterocycles. The van der Waals surface area contributed by atoms with Crippen LogP contribution in [0.1, 0.15) is 19.0 Å². The fourth-order valence-corrected chi connectivity index (χ4v) is 2.29. The van der Waals surface area contributed by atoms with Gasteiger partial charge in [0, 0.05) is 12.6 Å². The molecule has 0 radical (unpaired) electrons. The fraction of sp³-hybridized carbons (Fsp3) is 0.583. The average molecular weight is 224 g/mol. The highest BCUT2D eigenvalue weighted by Gasteiger charge is 2.30. The first-order valence-corrected chi connectivity index (χ1v) is 5.66. The standard InChI is InChI=1S/C12H17FN2O/c1-9-4-5-15(12(9)8-16)7-11-3-2-10(13)6-14-11/h2-3,6,9,12,16H,4-5,7-8H2,1H3/t9-,12+/m1/s1. The third-order valence-corrected chi connectivity index (χ3v) is 3.34. The van der Waals surface area contributed by atoms with Gasteiger partial charge in [-0.25, -0.2) is 4.39 Å². The number of rotatable bonds is 3. The summed E-state index contributed by atoms with van der Waals surface area (Å²) in [5.74, 6) is 0.211. The Morgan fingerprint density at radius 2 is 2.38 bits per heavy atom. The van der Waals surface area contributed by atoms with Gasteiger partial charge < -0.3 is 5.11 Å². The maximum absolute atomic E-state index is 12.7. The molecule has 0 spiro atoms. The number of halogens is 1. The van der Waals surface area contributed by atoms with Crippen molar-refractivity contribution >= 4 is 0 Å². The first-order chi connectivity index (χ1) is 7.70. The van der Waals surface area contributed by atoms with E-state index in [0.717, 1.165) is 18.7 Å². The molecule has 1 saturated heterocycles. The number of hydrogen-bond donors (Lipinski definition) is 1. The zero-order valence-corrected chi connectivity index (χ0v) is 9.43. The second-order valence-electron chi connectivity index (χ2n) is 4.45. The minimum Gasteiger partial charge on any atom is -0.395 e. The number of aliphatic hydroxyl groups excluding tert-OH is 1. The summed E-state index contributed by atoms with van der Waals surface area (Å²) in [6, 6.07) is 3.34. The lowest BCUT2D eigenvalue weighted by atomic mass is 10.0. The fourth-order valence-electron chi connectivity index (χ4n) is 2.29. The van der Waals surface area contributed by atoms with Crippen LogP contribution in [-0.2, 0) is 6.54 Å². The number of aromatic nitrogens is 1. The first-order valence-electron chi connectivity index (χ1n) is 5.66. The molecular formula is C12H17FN2O. The highest BCUT2D eigenvalue weighted by atomic mass is 19.1. The molecule has 2 atom stereocenters. The maximum atomic E-state index is 12.7. The second kappa shape index (κ2) is 4.89. The number of pyridine rings is 1. The number of aliphatic hydroxyl groups is 1. The van der Waals surface area contributed by atoms with Crippen molar-refractivity contribution in [1.82, 2.24) is 9.88 Å². The molecule has 3 nitrogen and oxygen atoms in total. The van der Waals surface area contributed by atoms with Crippen LogP contribution in [0.25, 0.3) is 0 Å². The molecule has 0 bridgehead atoms. The number of hydrogen-bond acceptors (Lipinski definition) is 3. The van der Waals surface area contributed by atoms with Crippen molar-refractivity contribution in [1.29, 1.82) is 0 Å². The van der Waals surface area contributed by atoms with Crippen LogP contribution in [0.5, 0.6) is 0 Å². The molecule has 2 heterocycles. The van der Waals surface area contributed by atoms with E-state index in [0.29, 0.717) is 12.5 Å². The van der Waals surface area contributed by atoms with Gasteiger partial charge in [-0.1, -0.05) is 6.92 Å². The summed E-state index contributed by atoms with van der Waals surface area (Å²) in [6.45, 7) is 4.00. The zero-order chi connectivity index (χ0) is 11.5.